The van der Waals surface area contributed by atoms with Crippen molar-refractivity contribution < 1.29 is 4.79 Å². The molecule has 0 aromatic heterocycles. The number of piperidine rings is 1. The number of thiocarbonyl (C=S) groups is 1. The maximum atomic E-state index is 12.3. The second-order valence-corrected chi connectivity index (χ2v) is 7.93. The number of carbonyl (C=O) groups excluding carboxylic acids is 1. The molecule has 1 aliphatic heterocycles. The van der Waals surface area contributed by atoms with E-state index in [0.29, 0.717) is 10.6 Å². The van der Waals surface area contributed by atoms with E-state index in [-0.39, 0.29) is 11.0 Å². The van der Waals surface area contributed by atoms with Crippen LogP contribution in [0.25, 0.3) is 0 Å². The number of benzene rings is 2. The zero-order chi connectivity index (χ0) is 19.4. The van der Waals surface area contributed by atoms with Crippen molar-refractivity contribution in [1.82, 2.24) is 5.32 Å². The Labute approximate surface area is 170 Å². The highest BCUT2D eigenvalue weighted by Crippen LogP contribution is 2.31. The minimum Gasteiger partial charge on any atom is -0.370 e. The van der Waals surface area contributed by atoms with Crippen LogP contribution in [0, 0.1) is 12.8 Å². The Morgan fingerprint density at radius 3 is 2.59 bits per heavy atom. The number of nitrogens with zero attached hydrogens (tertiary/aromatic N) is 1. The number of nitrogens with one attached hydrogen (secondary N) is 2. The van der Waals surface area contributed by atoms with Crippen molar-refractivity contribution in [3.8, 4) is 0 Å². The van der Waals surface area contributed by atoms with E-state index in [1.165, 1.54) is 12.8 Å². The van der Waals surface area contributed by atoms with Gasteiger partial charge in [0.1, 0.15) is 0 Å². The summed E-state index contributed by atoms with van der Waals surface area (Å²) in [4.78, 5) is 14.6. The number of anilines is 2. The molecule has 142 valence electrons. The molecule has 27 heavy (non-hydrogen) atoms. The third-order valence-electron chi connectivity index (χ3n) is 4.84. The van der Waals surface area contributed by atoms with Crippen molar-refractivity contribution >= 4 is 46.2 Å². The Kier molecular flexibility index (Phi) is 6.34. The molecule has 1 heterocycles. The Morgan fingerprint density at radius 1 is 1.19 bits per heavy atom. The first kappa shape index (κ1) is 19.6. The van der Waals surface area contributed by atoms with E-state index in [9.17, 15) is 4.79 Å². The predicted octanol–water partition coefficient (Wildman–Crippen LogP) is 5.01. The van der Waals surface area contributed by atoms with Gasteiger partial charge in [0.15, 0.2) is 5.11 Å². The van der Waals surface area contributed by atoms with Gasteiger partial charge in [-0.3, -0.25) is 10.1 Å². The normalized spacial score (nSPS) is 14.7. The van der Waals surface area contributed by atoms with Gasteiger partial charge in [0, 0.05) is 24.3 Å². The summed E-state index contributed by atoms with van der Waals surface area (Å²) in [6.45, 7) is 6.29. The number of hydrogen-bond donors (Lipinski definition) is 2. The van der Waals surface area contributed by atoms with Gasteiger partial charge in [-0.05, 0) is 68.2 Å². The number of hydrogen-bond acceptors (Lipinski definition) is 3. The van der Waals surface area contributed by atoms with Crippen LogP contribution in [0.3, 0.4) is 0 Å². The molecule has 2 N–H and O–H groups in total. The Morgan fingerprint density at radius 2 is 1.93 bits per heavy atom. The Hall–Kier alpha value is -2.11. The molecular weight excluding hydrogens is 378 g/mol. The number of rotatable bonds is 3. The topological polar surface area (TPSA) is 44.4 Å². The highest BCUT2D eigenvalue weighted by atomic mass is 35.5. The van der Waals surface area contributed by atoms with Crippen LogP contribution in [0.15, 0.2) is 42.5 Å². The summed E-state index contributed by atoms with van der Waals surface area (Å²) in [6, 6.07) is 13.2. The van der Waals surface area contributed by atoms with Gasteiger partial charge in [-0.15, -0.1) is 0 Å². The summed E-state index contributed by atoms with van der Waals surface area (Å²) < 4.78 is 0. The molecular formula is C21H24ClN3OS. The summed E-state index contributed by atoms with van der Waals surface area (Å²) >= 11 is 11.8. The molecule has 1 aliphatic rings. The van der Waals surface area contributed by atoms with Crippen molar-refractivity contribution in [2.45, 2.75) is 26.7 Å². The Bertz CT molecular complexity index is 847. The van der Waals surface area contributed by atoms with E-state index in [4.69, 9.17) is 23.8 Å². The lowest BCUT2D eigenvalue weighted by Gasteiger charge is -2.32. The highest BCUT2D eigenvalue weighted by Gasteiger charge is 2.18. The second-order valence-electron chi connectivity index (χ2n) is 7.11. The van der Waals surface area contributed by atoms with Crippen LogP contribution < -0.4 is 15.5 Å². The van der Waals surface area contributed by atoms with Gasteiger partial charge in [-0.25, -0.2) is 0 Å². The SMILES string of the molecule is Cc1cccc(C(=O)NC(=S)Nc2ccc(N3CCC(C)CC3)c(Cl)c2)c1. The second kappa shape index (κ2) is 8.72. The van der Waals surface area contributed by atoms with Crippen LogP contribution in [0.1, 0.15) is 35.7 Å². The molecule has 0 bridgehead atoms. The summed E-state index contributed by atoms with van der Waals surface area (Å²) in [5, 5.41) is 6.66. The van der Waals surface area contributed by atoms with Gasteiger partial charge in [0.2, 0.25) is 0 Å². The largest absolute Gasteiger partial charge is 0.370 e. The molecule has 0 saturated carbocycles. The standard InChI is InChI=1S/C21H24ClN3OS/c1-14-8-10-25(11-9-14)19-7-6-17(13-18(19)22)23-21(27)24-20(26)16-5-3-4-15(2)12-16/h3-7,12-14H,8-11H2,1-2H3,(H2,23,24,26,27). The molecule has 6 heteroatoms. The fraction of sp³-hybridized carbons (Fsp3) is 0.333. The van der Waals surface area contributed by atoms with Crippen molar-refractivity contribution in [3.63, 3.8) is 0 Å². The van der Waals surface area contributed by atoms with Gasteiger partial charge in [-0.1, -0.05) is 36.2 Å². The number of carbonyl (C=O) groups is 1. The number of aryl methyl sites for hydroxylation is 1. The molecule has 1 fully saturated rings. The summed E-state index contributed by atoms with van der Waals surface area (Å²) in [5.74, 6) is 0.539. The molecule has 1 saturated heterocycles. The van der Waals surface area contributed by atoms with E-state index in [1.807, 2.05) is 43.3 Å². The van der Waals surface area contributed by atoms with E-state index in [0.717, 1.165) is 35.9 Å². The molecule has 1 amide bonds. The first-order valence-corrected chi connectivity index (χ1v) is 9.94. The van der Waals surface area contributed by atoms with Crippen LogP contribution in [0.2, 0.25) is 5.02 Å². The highest BCUT2D eigenvalue weighted by molar-refractivity contribution is 7.80. The molecule has 2 aromatic carbocycles. The molecule has 0 atom stereocenters. The van der Waals surface area contributed by atoms with Crippen LogP contribution in [0.5, 0.6) is 0 Å². The zero-order valence-corrected chi connectivity index (χ0v) is 17.2. The summed E-state index contributed by atoms with van der Waals surface area (Å²) in [7, 11) is 0. The Balaban J connectivity index is 1.61. The molecule has 0 spiro atoms. The summed E-state index contributed by atoms with van der Waals surface area (Å²) in [5.41, 5.74) is 3.40. The number of halogens is 1. The van der Waals surface area contributed by atoms with E-state index < -0.39 is 0 Å². The lowest BCUT2D eigenvalue weighted by atomic mass is 9.99. The molecule has 0 radical (unpaired) electrons. The maximum absolute atomic E-state index is 12.3. The van der Waals surface area contributed by atoms with Gasteiger partial charge in [-0.2, -0.15) is 0 Å². The van der Waals surface area contributed by atoms with Crippen LogP contribution >= 0.6 is 23.8 Å². The predicted molar refractivity (Wildman–Crippen MR) is 117 cm³/mol. The first-order chi connectivity index (χ1) is 12.9. The van der Waals surface area contributed by atoms with Crippen LogP contribution in [0.4, 0.5) is 11.4 Å². The van der Waals surface area contributed by atoms with Crippen molar-refractivity contribution in [2.75, 3.05) is 23.3 Å². The monoisotopic (exact) mass is 401 g/mol. The molecule has 3 rings (SSSR count). The molecule has 4 nitrogen and oxygen atoms in total. The average molecular weight is 402 g/mol. The van der Waals surface area contributed by atoms with Crippen molar-refractivity contribution in [2.24, 2.45) is 5.92 Å². The van der Waals surface area contributed by atoms with Crippen molar-refractivity contribution in [1.29, 1.82) is 0 Å². The van der Waals surface area contributed by atoms with E-state index in [2.05, 4.69) is 22.5 Å². The first-order valence-electron chi connectivity index (χ1n) is 9.16. The van der Waals surface area contributed by atoms with Gasteiger partial charge < -0.3 is 10.2 Å². The third kappa shape index (κ3) is 5.21. The minimum absolute atomic E-state index is 0.235. The third-order valence-corrected chi connectivity index (χ3v) is 5.34. The van der Waals surface area contributed by atoms with Crippen LogP contribution in [-0.4, -0.2) is 24.1 Å². The zero-order valence-electron chi connectivity index (χ0n) is 15.6. The quantitative estimate of drug-likeness (QED) is 0.709. The average Bonchev–Trinajstić information content (AvgIpc) is 2.63. The molecule has 2 aromatic rings. The number of amides is 1. The van der Waals surface area contributed by atoms with E-state index >= 15 is 0 Å². The molecule has 0 aliphatic carbocycles. The van der Waals surface area contributed by atoms with Gasteiger partial charge in [0.05, 0.1) is 10.7 Å². The van der Waals surface area contributed by atoms with Gasteiger partial charge >= 0.3 is 0 Å². The van der Waals surface area contributed by atoms with Gasteiger partial charge in [0.25, 0.3) is 5.91 Å². The molecule has 0 unspecified atom stereocenters. The van der Waals surface area contributed by atoms with Crippen LogP contribution in [-0.2, 0) is 0 Å². The maximum Gasteiger partial charge on any atom is 0.257 e. The minimum atomic E-state index is -0.235. The lowest BCUT2D eigenvalue weighted by Crippen LogP contribution is -2.34. The fourth-order valence-electron chi connectivity index (χ4n) is 3.21. The smallest absolute Gasteiger partial charge is 0.257 e. The fourth-order valence-corrected chi connectivity index (χ4v) is 3.73. The van der Waals surface area contributed by atoms with E-state index in [1.54, 1.807) is 6.07 Å². The lowest BCUT2D eigenvalue weighted by molar-refractivity contribution is 0.0977. The van der Waals surface area contributed by atoms with Crippen molar-refractivity contribution in [3.05, 3.63) is 58.6 Å². The summed E-state index contributed by atoms with van der Waals surface area (Å²) in [6.07, 6.45) is 2.37.